The van der Waals surface area contributed by atoms with Gasteiger partial charge in [0.05, 0.1) is 18.4 Å². The van der Waals surface area contributed by atoms with Gasteiger partial charge in [0.1, 0.15) is 11.5 Å². The third-order valence-electron chi connectivity index (χ3n) is 3.81. The number of rotatable bonds is 5. The van der Waals surface area contributed by atoms with Gasteiger partial charge < -0.3 is 15.1 Å². The lowest BCUT2D eigenvalue weighted by Crippen LogP contribution is -2.34. The van der Waals surface area contributed by atoms with Crippen LogP contribution in [-0.4, -0.2) is 18.0 Å². The number of furan rings is 1. The van der Waals surface area contributed by atoms with Crippen molar-refractivity contribution in [1.82, 2.24) is 5.32 Å². The van der Waals surface area contributed by atoms with Crippen molar-refractivity contribution in [3.05, 3.63) is 81.7 Å². The molecule has 3 aromatic rings. The number of halogens is 2. The van der Waals surface area contributed by atoms with E-state index in [2.05, 4.69) is 15.6 Å². The Bertz CT molecular complexity index is 1040. The molecule has 0 unspecified atom stereocenters. The van der Waals surface area contributed by atoms with E-state index in [0.717, 1.165) is 5.56 Å². The molecule has 0 atom stereocenters. The van der Waals surface area contributed by atoms with Gasteiger partial charge in [-0.05, 0) is 49.4 Å². The van der Waals surface area contributed by atoms with Crippen molar-refractivity contribution in [3.63, 3.8) is 0 Å². The van der Waals surface area contributed by atoms with Gasteiger partial charge >= 0.3 is 11.8 Å². The Hall–Kier alpha value is -3.09. The molecule has 6 nitrogen and oxygen atoms in total. The molecule has 0 saturated carbocycles. The average molecular weight is 430 g/mol. The lowest BCUT2D eigenvalue weighted by molar-refractivity contribution is -0.136. The highest BCUT2D eigenvalue weighted by Crippen LogP contribution is 2.24. The zero-order chi connectivity index (χ0) is 20.8. The number of carbonyl (C=O) groups is 2. The standard InChI is InChI=1S/C21H17Cl2N3O3/c1-13-2-4-16(5-3-13)26-21(28)20(27)25-12-19-7-6-18(29-19)11-24-17-9-14(22)8-15(23)10-17/h2-11H,12H2,1H3,(H,25,27)(H,26,28). The van der Waals surface area contributed by atoms with Crippen molar-refractivity contribution in [2.45, 2.75) is 13.5 Å². The van der Waals surface area contributed by atoms with E-state index < -0.39 is 11.8 Å². The zero-order valence-electron chi connectivity index (χ0n) is 15.4. The molecule has 148 valence electrons. The van der Waals surface area contributed by atoms with Gasteiger partial charge in [-0.25, -0.2) is 0 Å². The van der Waals surface area contributed by atoms with Gasteiger partial charge in [0, 0.05) is 15.7 Å². The van der Waals surface area contributed by atoms with Gasteiger partial charge in [-0.2, -0.15) is 0 Å². The van der Waals surface area contributed by atoms with Gasteiger partial charge in [0.25, 0.3) is 0 Å². The summed E-state index contributed by atoms with van der Waals surface area (Å²) in [4.78, 5) is 28.1. The van der Waals surface area contributed by atoms with E-state index in [0.29, 0.717) is 32.9 Å². The topological polar surface area (TPSA) is 83.7 Å². The van der Waals surface area contributed by atoms with Crippen molar-refractivity contribution in [1.29, 1.82) is 0 Å². The first-order chi connectivity index (χ1) is 13.9. The van der Waals surface area contributed by atoms with Gasteiger partial charge in [-0.15, -0.1) is 0 Å². The summed E-state index contributed by atoms with van der Waals surface area (Å²) in [6.45, 7) is 2.00. The van der Waals surface area contributed by atoms with Crippen LogP contribution in [-0.2, 0) is 16.1 Å². The van der Waals surface area contributed by atoms with Gasteiger partial charge in [-0.1, -0.05) is 40.9 Å². The third-order valence-corrected chi connectivity index (χ3v) is 4.25. The molecule has 0 aliphatic carbocycles. The molecule has 0 radical (unpaired) electrons. The van der Waals surface area contributed by atoms with Crippen LogP contribution in [0.25, 0.3) is 0 Å². The van der Waals surface area contributed by atoms with Crippen LogP contribution < -0.4 is 10.6 Å². The molecule has 0 fully saturated rings. The summed E-state index contributed by atoms with van der Waals surface area (Å²) >= 11 is 11.9. The smallest absolute Gasteiger partial charge is 0.313 e. The zero-order valence-corrected chi connectivity index (χ0v) is 16.9. The SMILES string of the molecule is Cc1ccc(NC(=O)C(=O)NCc2ccc(C=Nc3cc(Cl)cc(Cl)c3)o2)cc1. The summed E-state index contributed by atoms with van der Waals surface area (Å²) in [7, 11) is 0. The van der Waals surface area contributed by atoms with Gasteiger partial charge in [0.15, 0.2) is 0 Å². The monoisotopic (exact) mass is 429 g/mol. The highest BCUT2D eigenvalue weighted by Gasteiger charge is 2.14. The molecule has 0 bridgehead atoms. The summed E-state index contributed by atoms with van der Waals surface area (Å²) in [6.07, 6.45) is 1.51. The van der Waals surface area contributed by atoms with E-state index >= 15 is 0 Å². The molecule has 29 heavy (non-hydrogen) atoms. The second-order valence-corrected chi connectivity index (χ2v) is 7.07. The van der Waals surface area contributed by atoms with E-state index in [4.69, 9.17) is 27.6 Å². The summed E-state index contributed by atoms with van der Waals surface area (Å²) in [6, 6.07) is 15.5. The molecule has 1 heterocycles. The van der Waals surface area contributed by atoms with E-state index in [-0.39, 0.29) is 6.54 Å². The first-order valence-electron chi connectivity index (χ1n) is 8.64. The first kappa shape index (κ1) is 20.6. The fourth-order valence-corrected chi connectivity index (χ4v) is 2.90. The Labute approximate surface area is 177 Å². The number of amides is 2. The maximum atomic E-state index is 12.0. The van der Waals surface area contributed by atoms with Crippen molar-refractivity contribution in [2.75, 3.05) is 5.32 Å². The quantitative estimate of drug-likeness (QED) is 0.446. The van der Waals surface area contributed by atoms with Crippen LogP contribution in [0.3, 0.4) is 0 Å². The van der Waals surface area contributed by atoms with Crippen LogP contribution in [0, 0.1) is 6.92 Å². The molecule has 0 saturated heterocycles. The van der Waals surface area contributed by atoms with Gasteiger partial charge in [0.2, 0.25) is 0 Å². The fraction of sp³-hybridized carbons (Fsp3) is 0.0952. The minimum Gasteiger partial charge on any atom is -0.458 e. The van der Waals surface area contributed by atoms with E-state index in [9.17, 15) is 9.59 Å². The number of anilines is 1. The van der Waals surface area contributed by atoms with Crippen molar-refractivity contribution < 1.29 is 14.0 Å². The van der Waals surface area contributed by atoms with Gasteiger partial charge in [-0.3, -0.25) is 14.6 Å². The minimum absolute atomic E-state index is 0.0665. The molecule has 1 aromatic heterocycles. The number of hydrogen-bond acceptors (Lipinski definition) is 4. The summed E-state index contributed by atoms with van der Waals surface area (Å²) in [5.41, 5.74) is 2.19. The Morgan fingerprint density at radius 1 is 1.00 bits per heavy atom. The fourth-order valence-electron chi connectivity index (χ4n) is 2.38. The molecule has 0 aliphatic rings. The second kappa shape index (κ2) is 9.41. The normalized spacial score (nSPS) is 10.9. The number of carbonyl (C=O) groups excluding carboxylic acids is 2. The number of nitrogens with zero attached hydrogens (tertiary/aromatic N) is 1. The van der Waals surface area contributed by atoms with Crippen molar-refractivity contribution >= 4 is 52.6 Å². The first-order valence-corrected chi connectivity index (χ1v) is 9.39. The Kier molecular flexibility index (Phi) is 6.69. The molecule has 8 heteroatoms. The molecule has 3 rings (SSSR count). The van der Waals surface area contributed by atoms with Crippen LogP contribution >= 0.6 is 23.2 Å². The van der Waals surface area contributed by atoms with Crippen molar-refractivity contribution in [2.24, 2.45) is 4.99 Å². The summed E-state index contributed by atoms with van der Waals surface area (Å²) in [5.74, 6) is -0.549. The maximum absolute atomic E-state index is 12.0. The predicted octanol–water partition coefficient (Wildman–Crippen LogP) is 4.90. The lowest BCUT2D eigenvalue weighted by Gasteiger charge is -2.05. The number of hydrogen-bond donors (Lipinski definition) is 2. The maximum Gasteiger partial charge on any atom is 0.313 e. The Balaban J connectivity index is 1.53. The highest BCUT2D eigenvalue weighted by atomic mass is 35.5. The lowest BCUT2D eigenvalue weighted by atomic mass is 10.2. The molecule has 2 N–H and O–H groups in total. The van der Waals surface area contributed by atoms with Crippen molar-refractivity contribution in [3.8, 4) is 0 Å². The largest absolute Gasteiger partial charge is 0.458 e. The van der Waals surface area contributed by atoms with E-state index in [1.54, 1.807) is 42.5 Å². The summed E-state index contributed by atoms with van der Waals surface area (Å²) in [5, 5.41) is 6.01. The van der Waals surface area contributed by atoms with E-state index in [1.165, 1.54) is 6.21 Å². The Morgan fingerprint density at radius 3 is 2.38 bits per heavy atom. The molecule has 2 amide bonds. The van der Waals surface area contributed by atoms with Crippen LogP contribution in [0.5, 0.6) is 0 Å². The number of aliphatic imine (C=N–C) groups is 1. The molecular weight excluding hydrogens is 413 g/mol. The van der Waals surface area contributed by atoms with Crippen LogP contribution in [0.1, 0.15) is 17.1 Å². The average Bonchev–Trinajstić information content (AvgIpc) is 3.13. The minimum atomic E-state index is -0.759. The molecule has 2 aromatic carbocycles. The third kappa shape index (κ3) is 6.20. The number of benzene rings is 2. The number of nitrogens with one attached hydrogen (secondary N) is 2. The highest BCUT2D eigenvalue weighted by molar-refractivity contribution is 6.39. The predicted molar refractivity (Wildman–Crippen MR) is 114 cm³/mol. The summed E-state index contributed by atoms with van der Waals surface area (Å²) < 4.78 is 5.57. The Morgan fingerprint density at radius 2 is 1.69 bits per heavy atom. The molecular formula is C21H17Cl2N3O3. The van der Waals surface area contributed by atoms with Crippen LogP contribution in [0.4, 0.5) is 11.4 Å². The second-order valence-electron chi connectivity index (χ2n) is 6.19. The number of aryl methyl sites for hydroxylation is 1. The molecule has 0 spiro atoms. The van der Waals surface area contributed by atoms with E-state index in [1.807, 2.05) is 19.1 Å². The van der Waals surface area contributed by atoms with Crippen LogP contribution in [0.2, 0.25) is 10.0 Å². The van der Waals surface area contributed by atoms with Crippen LogP contribution in [0.15, 0.2) is 64.0 Å². The molecule has 0 aliphatic heterocycles.